The summed E-state index contributed by atoms with van der Waals surface area (Å²) in [5.74, 6) is -2.50. The lowest BCUT2D eigenvalue weighted by atomic mass is 10.1. The zero-order valence-electron chi connectivity index (χ0n) is 9.10. The number of alkyl halides is 3. The Morgan fingerprint density at radius 1 is 1.29 bits per heavy atom. The number of hydrazine groups is 1. The van der Waals surface area contributed by atoms with Gasteiger partial charge < -0.3 is 0 Å². The van der Waals surface area contributed by atoms with Gasteiger partial charge in [-0.25, -0.2) is 9.40 Å². The van der Waals surface area contributed by atoms with Crippen molar-refractivity contribution in [2.75, 3.05) is 14.1 Å². The fourth-order valence-corrected chi connectivity index (χ4v) is 1.19. The average Bonchev–Trinajstić information content (AvgIpc) is 2.14. The molecule has 3 nitrogen and oxygen atoms in total. The van der Waals surface area contributed by atoms with Gasteiger partial charge in [-0.15, -0.1) is 0 Å². The summed E-state index contributed by atoms with van der Waals surface area (Å²) in [6, 6.07) is 2.56. The lowest BCUT2D eigenvalue weighted by Gasteiger charge is -2.14. The maximum absolute atomic E-state index is 13.5. The number of carbonyl (C=O) groups excluding carboxylic acids is 1. The van der Waals surface area contributed by atoms with Crippen LogP contribution in [-0.4, -0.2) is 25.0 Å². The predicted molar refractivity (Wildman–Crippen MR) is 52.6 cm³/mol. The summed E-state index contributed by atoms with van der Waals surface area (Å²) in [5.41, 5.74) is 0.0660. The maximum Gasteiger partial charge on any atom is 0.419 e. The van der Waals surface area contributed by atoms with Gasteiger partial charge in [0.25, 0.3) is 5.91 Å². The molecular formula is C10H10F4N2O. The van der Waals surface area contributed by atoms with Crippen molar-refractivity contribution in [3.63, 3.8) is 0 Å². The Morgan fingerprint density at radius 3 is 2.35 bits per heavy atom. The Morgan fingerprint density at radius 2 is 1.88 bits per heavy atom. The molecule has 0 bridgehead atoms. The molecule has 94 valence electrons. The van der Waals surface area contributed by atoms with Crippen LogP contribution in [0.4, 0.5) is 17.6 Å². The average molecular weight is 250 g/mol. The lowest BCUT2D eigenvalue weighted by Crippen LogP contribution is -2.36. The Hall–Kier alpha value is -1.63. The number of amides is 1. The van der Waals surface area contributed by atoms with E-state index in [9.17, 15) is 22.4 Å². The predicted octanol–water partition coefficient (Wildman–Crippen LogP) is 2.05. The molecule has 0 saturated carbocycles. The third kappa shape index (κ3) is 3.16. The molecule has 1 N–H and O–H groups in total. The van der Waals surface area contributed by atoms with Gasteiger partial charge in [-0.3, -0.25) is 10.2 Å². The van der Waals surface area contributed by atoms with E-state index in [0.717, 1.165) is 12.1 Å². The molecule has 17 heavy (non-hydrogen) atoms. The molecule has 1 aromatic carbocycles. The molecule has 1 rings (SSSR count). The third-order valence-corrected chi connectivity index (χ3v) is 1.87. The van der Waals surface area contributed by atoms with Crippen LogP contribution < -0.4 is 5.43 Å². The molecular weight excluding hydrogens is 240 g/mol. The SMILES string of the molecule is CN(C)NC(=O)c1cccc(C(F)(F)F)c1F. The molecule has 0 radical (unpaired) electrons. The number of hydrogen-bond donors (Lipinski definition) is 1. The molecule has 0 saturated heterocycles. The summed E-state index contributed by atoms with van der Waals surface area (Å²) >= 11 is 0. The fourth-order valence-electron chi connectivity index (χ4n) is 1.19. The van der Waals surface area contributed by atoms with Crippen LogP contribution in [0.5, 0.6) is 0 Å². The summed E-state index contributed by atoms with van der Waals surface area (Å²) in [6.07, 6.45) is -4.82. The Balaban J connectivity index is 3.15. The lowest BCUT2D eigenvalue weighted by molar-refractivity contribution is -0.140. The van der Waals surface area contributed by atoms with Gasteiger partial charge in [-0.05, 0) is 12.1 Å². The van der Waals surface area contributed by atoms with Crippen molar-refractivity contribution in [1.29, 1.82) is 0 Å². The zero-order chi connectivity index (χ0) is 13.2. The van der Waals surface area contributed by atoms with Crippen LogP contribution in [0.1, 0.15) is 15.9 Å². The highest BCUT2D eigenvalue weighted by molar-refractivity contribution is 5.94. The van der Waals surface area contributed by atoms with E-state index in [-0.39, 0.29) is 0 Å². The van der Waals surface area contributed by atoms with Crippen molar-refractivity contribution in [3.05, 3.63) is 35.1 Å². The summed E-state index contributed by atoms with van der Waals surface area (Å²) in [7, 11) is 2.92. The quantitative estimate of drug-likeness (QED) is 0.643. The first kappa shape index (κ1) is 13.4. The van der Waals surface area contributed by atoms with Gasteiger partial charge in [-0.1, -0.05) is 6.07 Å². The minimum atomic E-state index is -4.82. The highest BCUT2D eigenvalue weighted by atomic mass is 19.4. The van der Waals surface area contributed by atoms with Gasteiger partial charge in [0, 0.05) is 14.1 Å². The van der Waals surface area contributed by atoms with E-state index in [1.165, 1.54) is 19.1 Å². The fraction of sp³-hybridized carbons (Fsp3) is 0.300. The second-order valence-corrected chi connectivity index (χ2v) is 3.50. The van der Waals surface area contributed by atoms with E-state index in [2.05, 4.69) is 5.43 Å². The number of rotatable bonds is 2. The third-order valence-electron chi connectivity index (χ3n) is 1.87. The van der Waals surface area contributed by atoms with Crippen LogP contribution in [0.3, 0.4) is 0 Å². The van der Waals surface area contributed by atoms with Crippen LogP contribution in [0.25, 0.3) is 0 Å². The van der Waals surface area contributed by atoms with E-state index < -0.39 is 29.0 Å². The van der Waals surface area contributed by atoms with Crippen molar-refractivity contribution in [3.8, 4) is 0 Å². The molecule has 0 spiro atoms. The van der Waals surface area contributed by atoms with Crippen molar-refractivity contribution < 1.29 is 22.4 Å². The van der Waals surface area contributed by atoms with Gasteiger partial charge in [0.15, 0.2) is 0 Å². The second-order valence-electron chi connectivity index (χ2n) is 3.50. The van der Waals surface area contributed by atoms with Crippen LogP contribution in [0.2, 0.25) is 0 Å². The minimum Gasteiger partial charge on any atom is -0.285 e. The summed E-state index contributed by atoms with van der Waals surface area (Å²) in [6.45, 7) is 0. The van der Waals surface area contributed by atoms with Gasteiger partial charge in [-0.2, -0.15) is 13.2 Å². The largest absolute Gasteiger partial charge is 0.419 e. The van der Waals surface area contributed by atoms with Crippen molar-refractivity contribution in [2.45, 2.75) is 6.18 Å². The normalized spacial score (nSPS) is 11.7. The first-order chi connectivity index (χ1) is 7.73. The zero-order valence-corrected chi connectivity index (χ0v) is 9.10. The van der Waals surface area contributed by atoms with E-state index in [4.69, 9.17) is 0 Å². The molecule has 1 amide bonds. The van der Waals surface area contributed by atoms with Gasteiger partial charge >= 0.3 is 6.18 Å². The maximum atomic E-state index is 13.5. The number of halogens is 4. The molecule has 0 aliphatic rings. The summed E-state index contributed by atoms with van der Waals surface area (Å²) in [4.78, 5) is 11.4. The number of nitrogens with one attached hydrogen (secondary N) is 1. The molecule has 7 heteroatoms. The van der Waals surface area contributed by atoms with Gasteiger partial charge in [0.1, 0.15) is 5.82 Å². The van der Waals surface area contributed by atoms with Gasteiger partial charge in [0.05, 0.1) is 11.1 Å². The Kier molecular flexibility index (Phi) is 3.72. The molecule has 0 atom stereocenters. The van der Waals surface area contributed by atoms with Crippen LogP contribution >= 0.6 is 0 Å². The van der Waals surface area contributed by atoms with E-state index in [0.29, 0.717) is 6.07 Å². The van der Waals surface area contributed by atoms with E-state index in [1.807, 2.05) is 0 Å². The molecule has 0 aliphatic heterocycles. The van der Waals surface area contributed by atoms with Crippen molar-refractivity contribution in [2.24, 2.45) is 0 Å². The topological polar surface area (TPSA) is 32.3 Å². The highest BCUT2D eigenvalue weighted by Crippen LogP contribution is 2.32. The number of hydrogen-bond acceptors (Lipinski definition) is 2. The van der Waals surface area contributed by atoms with Crippen LogP contribution in [0.15, 0.2) is 18.2 Å². The highest BCUT2D eigenvalue weighted by Gasteiger charge is 2.35. The number of carbonyl (C=O) groups is 1. The molecule has 1 aromatic rings. The summed E-state index contributed by atoms with van der Waals surface area (Å²) in [5, 5.41) is 1.21. The molecule has 0 fully saturated rings. The molecule has 0 heterocycles. The first-order valence-corrected chi connectivity index (χ1v) is 4.57. The van der Waals surface area contributed by atoms with Crippen molar-refractivity contribution >= 4 is 5.91 Å². The van der Waals surface area contributed by atoms with E-state index >= 15 is 0 Å². The Bertz CT molecular complexity index is 429. The first-order valence-electron chi connectivity index (χ1n) is 4.57. The monoisotopic (exact) mass is 250 g/mol. The number of benzene rings is 1. The molecule has 0 unspecified atom stereocenters. The number of nitrogens with zero attached hydrogens (tertiary/aromatic N) is 1. The van der Waals surface area contributed by atoms with Crippen LogP contribution in [-0.2, 0) is 6.18 Å². The van der Waals surface area contributed by atoms with Crippen molar-refractivity contribution in [1.82, 2.24) is 10.4 Å². The Labute approximate surface area is 95.0 Å². The summed E-state index contributed by atoms with van der Waals surface area (Å²) < 4.78 is 50.6. The minimum absolute atomic E-state index is 0.585. The van der Waals surface area contributed by atoms with Gasteiger partial charge in [0.2, 0.25) is 0 Å². The smallest absolute Gasteiger partial charge is 0.285 e. The standard InChI is InChI=1S/C10H10F4N2O/c1-16(2)15-9(17)6-4-3-5-7(8(6)11)10(12,13)14/h3-5H,1-2H3,(H,15,17). The second kappa shape index (κ2) is 4.70. The molecule has 0 aromatic heterocycles. The van der Waals surface area contributed by atoms with Crippen LogP contribution in [0, 0.1) is 5.82 Å². The molecule has 0 aliphatic carbocycles. The van der Waals surface area contributed by atoms with E-state index in [1.54, 1.807) is 0 Å².